The Balaban J connectivity index is 1.22. The highest BCUT2D eigenvalue weighted by Gasteiger charge is 2.11. The molecule has 0 aliphatic carbocycles. The van der Waals surface area contributed by atoms with E-state index in [0.717, 1.165) is 34.7 Å². The number of rotatable bonds is 10. The molecule has 174 valence electrons. The number of amides is 1. The number of benzene rings is 2. The van der Waals surface area contributed by atoms with E-state index in [4.69, 9.17) is 22.1 Å². The second-order valence-corrected chi connectivity index (χ2v) is 8.46. The third kappa shape index (κ3) is 6.67. The third-order valence-corrected chi connectivity index (χ3v) is 5.69. The van der Waals surface area contributed by atoms with Crippen LogP contribution >= 0.6 is 22.9 Å². The number of aromatic nitrogens is 2. The summed E-state index contributed by atoms with van der Waals surface area (Å²) < 4.78 is 6.71. The van der Waals surface area contributed by atoms with Crippen molar-refractivity contribution in [2.24, 2.45) is 0 Å². The fraction of sp³-hybridized carbons (Fsp3) is 0.125. The molecule has 0 bridgehead atoms. The zero-order valence-electron chi connectivity index (χ0n) is 18.1. The number of nitrogen functional groups attached to an aromatic ring is 1. The SMILES string of the molecule is Nc1ccc(NCCNC/C=C/C(=O)Nc2cccc(Oc3nc(Cl)nc4ccsc34)c2)cc1. The van der Waals surface area contributed by atoms with E-state index in [2.05, 4.69) is 25.9 Å². The lowest BCUT2D eigenvalue weighted by atomic mass is 10.3. The lowest BCUT2D eigenvalue weighted by molar-refractivity contribution is -0.111. The molecule has 0 aliphatic heterocycles. The van der Waals surface area contributed by atoms with E-state index in [1.807, 2.05) is 35.7 Å². The molecule has 0 aliphatic rings. The molecule has 4 aromatic rings. The molecule has 34 heavy (non-hydrogen) atoms. The number of fused-ring (bicyclic) bond motifs is 1. The largest absolute Gasteiger partial charge is 0.437 e. The minimum Gasteiger partial charge on any atom is -0.437 e. The summed E-state index contributed by atoms with van der Waals surface area (Å²) in [5, 5.41) is 11.4. The van der Waals surface area contributed by atoms with Gasteiger partial charge in [-0.15, -0.1) is 11.3 Å². The smallest absolute Gasteiger partial charge is 0.248 e. The monoisotopic (exact) mass is 494 g/mol. The zero-order valence-corrected chi connectivity index (χ0v) is 19.7. The van der Waals surface area contributed by atoms with Gasteiger partial charge in [0.05, 0.1) is 5.52 Å². The molecular weight excluding hydrogens is 472 g/mol. The van der Waals surface area contributed by atoms with Crippen molar-refractivity contribution in [2.45, 2.75) is 0 Å². The van der Waals surface area contributed by atoms with Gasteiger partial charge in [-0.05, 0) is 59.4 Å². The lowest BCUT2D eigenvalue weighted by Gasteiger charge is -2.08. The molecular formula is C24H23ClN6O2S. The molecule has 0 fully saturated rings. The first-order valence-electron chi connectivity index (χ1n) is 10.5. The number of thiophene rings is 1. The minimum atomic E-state index is -0.232. The molecule has 0 atom stereocenters. The molecule has 4 rings (SSSR count). The summed E-state index contributed by atoms with van der Waals surface area (Å²) in [4.78, 5) is 20.6. The summed E-state index contributed by atoms with van der Waals surface area (Å²) in [5.41, 5.74) is 8.76. The van der Waals surface area contributed by atoms with E-state index < -0.39 is 0 Å². The minimum absolute atomic E-state index is 0.116. The van der Waals surface area contributed by atoms with Crippen molar-refractivity contribution in [3.05, 3.63) is 77.4 Å². The topological polar surface area (TPSA) is 114 Å². The Morgan fingerprint density at radius 3 is 2.79 bits per heavy atom. The molecule has 0 radical (unpaired) electrons. The molecule has 2 heterocycles. The van der Waals surface area contributed by atoms with Gasteiger partial charge in [-0.25, -0.2) is 4.98 Å². The Morgan fingerprint density at radius 1 is 1.09 bits per heavy atom. The summed E-state index contributed by atoms with van der Waals surface area (Å²) >= 11 is 7.46. The first-order valence-corrected chi connectivity index (χ1v) is 11.8. The highest BCUT2D eigenvalue weighted by Crippen LogP contribution is 2.32. The molecule has 0 spiro atoms. The highest BCUT2D eigenvalue weighted by molar-refractivity contribution is 7.17. The molecule has 0 saturated carbocycles. The van der Waals surface area contributed by atoms with E-state index in [1.54, 1.807) is 30.3 Å². The highest BCUT2D eigenvalue weighted by atomic mass is 35.5. The van der Waals surface area contributed by atoms with Crippen LogP contribution in [-0.4, -0.2) is 35.5 Å². The Bertz CT molecular complexity index is 1290. The Hall–Kier alpha value is -3.66. The van der Waals surface area contributed by atoms with Gasteiger partial charge in [0.15, 0.2) is 0 Å². The van der Waals surface area contributed by atoms with Gasteiger partial charge >= 0.3 is 0 Å². The van der Waals surface area contributed by atoms with Crippen LogP contribution in [0.5, 0.6) is 11.6 Å². The van der Waals surface area contributed by atoms with Gasteiger partial charge in [0.1, 0.15) is 10.4 Å². The van der Waals surface area contributed by atoms with Crippen LogP contribution < -0.4 is 26.4 Å². The quantitative estimate of drug-likeness (QED) is 0.107. The van der Waals surface area contributed by atoms with Crippen molar-refractivity contribution in [1.82, 2.24) is 15.3 Å². The van der Waals surface area contributed by atoms with E-state index >= 15 is 0 Å². The molecule has 0 unspecified atom stereocenters. The second kappa shape index (κ2) is 11.5. The average molecular weight is 495 g/mol. The van der Waals surface area contributed by atoms with Crippen molar-refractivity contribution in [3.63, 3.8) is 0 Å². The second-order valence-electron chi connectivity index (χ2n) is 7.21. The van der Waals surface area contributed by atoms with Crippen LogP contribution in [-0.2, 0) is 4.79 Å². The van der Waals surface area contributed by atoms with Crippen molar-refractivity contribution >= 4 is 56.1 Å². The summed E-state index contributed by atoms with van der Waals surface area (Å²) in [6, 6.07) is 16.5. The molecule has 10 heteroatoms. The van der Waals surface area contributed by atoms with Gasteiger partial charge in [-0.1, -0.05) is 12.1 Å². The van der Waals surface area contributed by atoms with Crippen molar-refractivity contribution in [1.29, 1.82) is 0 Å². The maximum atomic E-state index is 12.2. The standard InChI is InChI=1S/C24H23ClN6O2S/c25-24-30-20-10-14-34-22(20)23(31-24)33-19-4-1-3-18(15-19)29-21(32)5-2-11-27-12-13-28-17-8-6-16(26)7-9-17/h1-10,14-15,27-28H,11-13,26H2,(H,29,32)/b5-2+. The number of nitrogens with one attached hydrogen (secondary N) is 3. The van der Waals surface area contributed by atoms with Crippen molar-refractivity contribution in [2.75, 3.05) is 36.0 Å². The van der Waals surface area contributed by atoms with Crippen LogP contribution in [0.1, 0.15) is 0 Å². The van der Waals surface area contributed by atoms with E-state index in [9.17, 15) is 4.79 Å². The number of hydrogen-bond donors (Lipinski definition) is 4. The molecule has 1 amide bonds. The van der Waals surface area contributed by atoms with Crippen LogP contribution in [0.25, 0.3) is 10.2 Å². The summed E-state index contributed by atoms with van der Waals surface area (Å²) in [6.45, 7) is 2.08. The van der Waals surface area contributed by atoms with E-state index in [0.29, 0.717) is 23.9 Å². The number of hydrogen-bond acceptors (Lipinski definition) is 8. The van der Waals surface area contributed by atoms with Gasteiger partial charge in [0.25, 0.3) is 0 Å². The average Bonchev–Trinajstić information content (AvgIpc) is 3.28. The maximum Gasteiger partial charge on any atom is 0.248 e. The summed E-state index contributed by atoms with van der Waals surface area (Å²) in [5.74, 6) is 0.677. The van der Waals surface area contributed by atoms with Gasteiger partial charge in [-0.2, -0.15) is 4.98 Å². The predicted molar refractivity (Wildman–Crippen MR) is 139 cm³/mol. The number of halogens is 1. The van der Waals surface area contributed by atoms with Crippen LogP contribution in [0.4, 0.5) is 17.1 Å². The summed E-state index contributed by atoms with van der Waals surface area (Å²) in [6.07, 6.45) is 3.27. The van der Waals surface area contributed by atoms with Gasteiger partial charge in [-0.3, -0.25) is 4.79 Å². The Morgan fingerprint density at radius 2 is 1.94 bits per heavy atom. The van der Waals surface area contributed by atoms with Gasteiger partial charge in [0, 0.05) is 48.8 Å². The molecule has 8 nitrogen and oxygen atoms in total. The fourth-order valence-corrected chi connectivity index (χ4v) is 3.98. The number of carbonyl (C=O) groups is 1. The zero-order chi connectivity index (χ0) is 23.8. The first kappa shape index (κ1) is 23.5. The Kier molecular flexibility index (Phi) is 7.92. The Labute approximate surface area is 205 Å². The van der Waals surface area contributed by atoms with Gasteiger partial charge in [0.2, 0.25) is 17.1 Å². The molecule has 2 aromatic heterocycles. The molecule has 2 aromatic carbocycles. The molecule has 5 N–H and O–H groups in total. The van der Waals surface area contributed by atoms with Crippen LogP contribution in [0, 0.1) is 0 Å². The summed E-state index contributed by atoms with van der Waals surface area (Å²) in [7, 11) is 0. The van der Waals surface area contributed by atoms with Gasteiger partial charge < -0.3 is 26.4 Å². The number of anilines is 3. The van der Waals surface area contributed by atoms with Crippen LogP contribution in [0.3, 0.4) is 0 Å². The molecule has 0 saturated heterocycles. The van der Waals surface area contributed by atoms with Crippen molar-refractivity contribution in [3.8, 4) is 11.6 Å². The number of carbonyl (C=O) groups excluding carboxylic acids is 1. The number of nitrogens with zero attached hydrogens (tertiary/aromatic N) is 2. The number of nitrogens with two attached hydrogens (primary N) is 1. The van der Waals surface area contributed by atoms with E-state index in [1.165, 1.54) is 17.4 Å². The van der Waals surface area contributed by atoms with Crippen LogP contribution in [0.2, 0.25) is 5.28 Å². The fourth-order valence-electron chi connectivity index (χ4n) is 3.06. The first-order chi connectivity index (χ1) is 16.6. The number of ether oxygens (including phenoxy) is 1. The third-order valence-electron chi connectivity index (χ3n) is 4.63. The lowest BCUT2D eigenvalue weighted by Crippen LogP contribution is -2.22. The van der Waals surface area contributed by atoms with Crippen molar-refractivity contribution < 1.29 is 9.53 Å². The van der Waals surface area contributed by atoms with Crippen LogP contribution in [0.15, 0.2) is 72.1 Å². The van der Waals surface area contributed by atoms with E-state index in [-0.39, 0.29) is 11.2 Å². The maximum absolute atomic E-state index is 12.2. The predicted octanol–water partition coefficient (Wildman–Crippen LogP) is 4.92. The normalized spacial score (nSPS) is 11.1.